The first-order valence-corrected chi connectivity index (χ1v) is 6.83. The summed E-state index contributed by atoms with van der Waals surface area (Å²) in [6.45, 7) is 7.97. The number of hydrogen-bond donors (Lipinski definition) is 1. The number of carbonyl (C=O) groups is 2. The Morgan fingerprint density at radius 2 is 2.14 bits per heavy atom. The Kier molecular flexibility index (Phi) is 3.26. The summed E-state index contributed by atoms with van der Waals surface area (Å²) in [4.78, 5) is 27.3. The molecule has 1 aliphatic carbocycles. The zero-order chi connectivity index (χ0) is 14.9. The van der Waals surface area contributed by atoms with Gasteiger partial charge in [-0.15, -0.1) is 0 Å². The largest absolute Gasteiger partial charge is 0.442 e. The van der Waals surface area contributed by atoms with Gasteiger partial charge in [-0.25, -0.2) is 11.4 Å². The predicted molar refractivity (Wildman–Crippen MR) is 75.6 cm³/mol. The Hall–Kier alpha value is -2.55. The van der Waals surface area contributed by atoms with E-state index in [-0.39, 0.29) is 11.6 Å². The molecule has 1 N–H and O–H groups in total. The second-order valence-corrected chi connectivity index (χ2v) is 5.33. The van der Waals surface area contributed by atoms with Crippen LogP contribution in [0.4, 0.5) is 10.5 Å². The van der Waals surface area contributed by atoms with E-state index in [4.69, 9.17) is 11.3 Å². The molecule has 0 bridgehead atoms. The third kappa shape index (κ3) is 2.42. The normalized spacial score (nSPS) is 22.3. The van der Waals surface area contributed by atoms with Crippen LogP contribution in [0.25, 0.3) is 4.85 Å². The zero-order valence-electron chi connectivity index (χ0n) is 11.4. The van der Waals surface area contributed by atoms with Gasteiger partial charge in [-0.2, -0.15) is 0 Å². The Morgan fingerprint density at radius 1 is 1.43 bits per heavy atom. The first kappa shape index (κ1) is 13.4. The molecule has 0 radical (unpaired) electrons. The molecule has 6 nitrogen and oxygen atoms in total. The quantitative estimate of drug-likeness (QED) is 0.661. The molecule has 21 heavy (non-hydrogen) atoms. The Morgan fingerprint density at radius 3 is 2.71 bits per heavy atom. The van der Waals surface area contributed by atoms with Crippen molar-refractivity contribution in [2.24, 2.45) is 0 Å². The first-order chi connectivity index (χ1) is 10.2. The standard InChI is InChI=1S/C15H15N3O3/c1-16-15(6-7-15)11-2-4-12(5-3-11)18-9-13(8-17-10-19)21-14(18)20/h2-5,10,13H,6-9H2,(H,17,19). The van der Waals surface area contributed by atoms with Crippen molar-refractivity contribution in [3.8, 4) is 0 Å². The molecule has 3 rings (SSSR count). The van der Waals surface area contributed by atoms with Crippen molar-refractivity contribution in [1.82, 2.24) is 5.32 Å². The van der Waals surface area contributed by atoms with Crippen molar-refractivity contribution in [3.05, 3.63) is 41.2 Å². The minimum absolute atomic E-state index is 0.310. The summed E-state index contributed by atoms with van der Waals surface area (Å²) in [6.07, 6.45) is 1.65. The maximum Gasteiger partial charge on any atom is 0.414 e. The van der Waals surface area contributed by atoms with E-state index >= 15 is 0 Å². The second-order valence-electron chi connectivity index (χ2n) is 5.33. The fraction of sp³-hybridized carbons (Fsp3) is 0.400. The van der Waals surface area contributed by atoms with Crippen molar-refractivity contribution >= 4 is 18.2 Å². The van der Waals surface area contributed by atoms with Crippen LogP contribution in [-0.4, -0.2) is 31.7 Å². The van der Waals surface area contributed by atoms with Gasteiger partial charge >= 0.3 is 6.09 Å². The van der Waals surface area contributed by atoms with Gasteiger partial charge in [0.1, 0.15) is 6.10 Å². The molecule has 2 aliphatic rings. The van der Waals surface area contributed by atoms with Gasteiger partial charge in [0.15, 0.2) is 0 Å². The molecule has 1 aromatic carbocycles. The highest BCUT2D eigenvalue weighted by molar-refractivity contribution is 5.89. The third-order valence-corrected chi connectivity index (χ3v) is 3.96. The summed E-state index contributed by atoms with van der Waals surface area (Å²) in [5.41, 5.74) is 1.42. The van der Waals surface area contributed by atoms with Crippen molar-refractivity contribution in [3.63, 3.8) is 0 Å². The van der Waals surface area contributed by atoms with Crippen LogP contribution in [0.3, 0.4) is 0 Å². The van der Waals surface area contributed by atoms with Gasteiger partial charge in [0.2, 0.25) is 6.41 Å². The highest BCUT2D eigenvalue weighted by Gasteiger charge is 2.52. The summed E-state index contributed by atoms with van der Waals surface area (Å²) in [5, 5.41) is 2.51. The molecule has 0 spiro atoms. The van der Waals surface area contributed by atoms with Gasteiger partial charge in [-0.1, -0.05) is 0 Å². The number of anilines is 1. The van der Waals surface area contributed by atoms with E-state index in [0.29, 0.717) is 19.5 Å². The molecule has 1 aromatic rings. The summed E-state index contributed by atoms with van der Waals surface area (Å²) in [5.74, 6) is 0. The van der Waals surface area contributed by atoms with Crippen molar-refractivity contribution in [2.75, 3.05) is 18.0 Å². The van der Waals surface area contributed by atoms with Crippen LogP contribution in [0.15, 0.2) is 24.3 Å². The average molecular weight is 285 g/mol. The minimum atomic E-state index is -0.410. The lowest BCUT2D eigenvalue weighted by molar-refractivity contribution is -0.109. The van der Waals surface area contributed by atoms with Crippen LogP contribution < -0.4 is 10.2 Å². The number of amides is 2. The van der Waals surface area contributed by atoms with Crippen molar-refractivity contribution in [1.29, 1.82) is 0 Å². The molecule has 0 aromatic heterocycles. The molecule has 1 saturated carbocycles. The molecule has 2 amide bonds. The fourth-order valence-corrected chi connectivity index (χ4v) is 2.55. The van der Waals surface area contributed by atoms with Crippen LogP contribution in [-0.2, 0) is 15.1 Å². The molecule has 1 atom stereocenters. The minimum Gasteiger partial charge on any atom is -0.442 e. The van der Waals surface area contributed by atoms with Gasteiger partial charge in [0, 0.05) is 24.1 Å². The van der Waals surface area contributed by atoms with Crippen LogP contribution in [0.1, 0.15) is 18.4 Å². The summed E-state index contributed by atoms with van der Waals surface area (Å²) in [6, 6.07) is 7.50. The molecule has 6 heteroatoms. The van der Waals surface area contributed by atoms with Gasteiger partial charge in [0.25, 0.3) is 5.54 Å². The van der Waals surface area contributed by atoms with Crippen molar-refractivity contribution < 1.29 is 14.3 Å². The maximum absolute atomic E-state index is 11.8. The molecule has 1 saturated heterocycles. The SMILES string of the molecule is [C-]#[N+]C1(c2ccc(N3CC(CNC=O)OC3=O)cc2)CC1. The molecular weight excluding hydrogens is 270 g/mol. The average Bonchev–Trinajstić information content (AvgIpc) is 3.23. The third-order valence-electron chi connectivity index (χ3n) is 3.96. The number of carbonyl (C=O) groups excluding carboxylic acids is 2. The highest BCUT2D eigenvalue weighted by atomic mass is 16.6. The van der Waals surface area contributed by atoms with E-state index in [9.17, 15) is 9.59 Å². The lowest BCUT2D eigenvalue weighted by Gasteiger charge is -2.13. The van der Waals surface area contributed by atoms with E-state index in [1.54, 1.807) is 4.90 Å². The molecule has 108 valence electrons. The molecular formula is C15H15N3O3. The van der Waals surface area contributed by atoms with Crippen LogP contribution >= 0.6 is 0 Å². The van der Waals surface area contributed by atoms with Gasteiger partial charge < -0.3 is 14.9 Å². The molecule has 1 unspecified atom stereocenters. The number of benzene rings is 1. The van der Waals surface area contributed by atoms with Gasteiger partial charge in [-0.05, 0) is 24.3 Å². The molecule has 1 heterocycles. The number of ether oxygens (including phenoxy) is 1. The Balaban J connectivity index is 1.71. The number of rotatable bonds is 5. The maximum atomic E-state index is 11.8. The van der Waals surface area contributed by atoms with Crippen LogP contribution in [0, 0.1) is 6.57 Å². The summed E-state index contributed by atoms with van der Waals surface area (Å²) < 4.78 is 5.18. The number of cyclic esters (lactones) is 1. The van der Waals surface area contributed by atoms with Crippen molar-refractivity contribution in [2.45, 2.75) is 24.5 Å². The van der Waals surface area contributed by atoms with Crippen LogP contribution in [0.5, 0.6) is 0 Å². The van der Waals surface area contributed by atoms with Crippen LogP contribution in [0.2, 0.25) is 0 Å². The fourth-order valence-electron chi connectivity index (χ4n) is 2.55. The number of nitrogens with one attached hydrogen (secondary N) is 1. The van der Waals surface area contributed by atoms with E-state index in [1.165, 1.54) is 0 Å². The Bertz CT molecular complexity index is 602. The Labute approximate surface area is 122 Å². The first-order valence-electron chi connectivity index (χ1n) is 6.83. The predicted octanol–water partition coefficient (Wildman–Crippen LogP) is 1.67. The van der Waals surface area contributed by atoms with Gasteiger partial charge in [0.05, 0.1) is 13.1 Å². The lowest BCUT2D eigenvalue weighted by Crippen LogP contribution is -2.30. The zero-order valence-corrected chi connectivity index (χ0v) is 11.4. The summed E-state index contributed by atoms with van der Waals surface area (Å²) >= 11 is 0. The smallest absolute Gasteiger partial charge is 0.414 e. The second kappa shape index (κ2) is 5.09. The van der Waals surface area contributed by atoms with E-state index in [2.05, 4.69) is 10.2 Å². The van der Waals surface area contributed by atoms with E-state index in [0.717, 1.165) is 24.1 Å². The summed E-state index contributed by atoms with van der Waals surface area (Å²) in [7, 11) is 0. The molecule has 1 aliphatic heterocycles. The monoisotopic (exact) mass is 285 g/mol. The van der Waals surface area contributed by atoms with E-state index < -0.39 is 6.09 Å². The van der Waals surface area contributed by atoms with E-state index in [1.807, 2.05) is 24.3 Å². The molecule has 2 fully saturated rings. The number of nitrogens with zero attached hydrogens (tertiary/aromatic N) is 2. The number of hydrogen-bond acceptors (Lipinski definition) is 3. The highest BCUT2D eigenvalue weighted by Crippen LogP contribution is 2.49. The van der Waals surface area contributed by atoms with Gasteiger partial charge in [-0.3, -0.25) is 9.69 Å². The lowest BCUT2D eigenvalue weighted by atomic mass is 10.1. The topological polar surface area (TPSA) is 63.0 Å².